The zero-order valence-corrected chi connectivity index (χ0v) is 14.5. The number of carbonyl (C=O) groups excluding carboxylic acids is 2. The van der Waals surface area contributed by atoms with Gasteiger partial charge in [-0.25, -0.2) is 0 Å². The van der Waals surface area contributed by atoms with Gasteiger partial charge in [-0.05, 0) is 29.8 Å². The number of ether oxygens (including phenoxy) is 2. The van der Waals surface area contributed by atoms with Gasteiger partial charge in [0.05, 0.1) is 19.9 Å². The maximum absolute atomic E-state index is 12.3. The van der Waals surface area contributed by atoms with Gasteiger partial charge in [0.2, 0.25) is 11.8 Å². The molecule has 0 bridgehead atoms. The van der Waals surface area contributed by atoms with Gasteiger partial charge in [0, 0.05) is 31.9 Å². The van der Waals surface area contributed by atoms with Crippen LogP contribution in [-0.2, 0) is 16.1 Å². The molecule has 1 aromatic heterocycles. The highest BCUT2D eigenvalue weighted by Crippen LogP contribution is 2.28. The van der Waals surface area contributed by atoms with Crippen molar-refractivity contribution in [3.63, 3.8) is 0 Å². The van der Waals surface area contributed by atoms with E-state index in [0.29, 0.717) is 23.7 Å². The molecule has 1 N–H and O–H groups in total. The number of nitrogens with one attached hydrogen (secondary N) is 1. The highest BCUT2D eigenvalue weighted by Gasteiger charge is 2.16. The third-order valence-corrected chi connectivity index (χ3v) is 3.59. The fourth-order valence-corrected chi connectivity index (χ4v) is 2.25. The van der Waals surface area contributed by atoms with Gasteiger partial charge < -0.3 is 19.7 Å². The van der Waals surface area contributed by atoms with E-state index in [2.05, 4.69) is 10.3 Å². The molecule has 2 amide bonds. The number of nitrogens with zero attached hydrogens (tertiary/aromatic N) is 2. The lowest BCUT2D eigenvalue weighted by Crippen LogP contribution is -2.36. The Kier molecular flexibility index (Phi) is 6.33. The van der Waals surface area contributed by atoms with Crippen LogP contribution < -0.4 is 14.8 Å². The second-order valence-corrected chi connectivity index (χ2v) is 5.34. The van der Waals surface area contributed by atoms with Crippen LogP contribution in [0.2, 0.25) is 0 Å². The van der Waals surface area contributed by atoms with Crippen molar-refractivity contribution < 1.29 is 19.1 Å². The fourth-order valence-electron chi connectivity index (χ4n) is 2.25. The average Bonchev–Trinajstić information content (AvgIpc) is 2.62. The molecule has 7 heteroatoms. The second kappa shape index (κ2) is 8.68. The minimum Gasteiger partial charge on any atom is -0.497 e. The first kappa shape index (κ1) is 18.3. The van der Waals surface area contributed by atoms with Crippen molar-refractivity contribution >= 4 is 17.5 Å². The van der Waals surface area contributed by atoms with E-state index in [1.54, 1.807) is 49.8 Å². The molecular weight excluding hydrogens is 322 g/mol. The number of hydrogen-bond donors (Lipinski definition) is 1. The Morgan fingerprint density at radius 2 is 1.84 bits per heavy atom. The Morgan fingerprint density at radius 3 is 2.44 bits per heavy atom. The van der Waals surface area contributed by atoms with Crippen molar-refractivity contribution in [2.24, 2.45) is 0 Å². The van der Waals surface area contributed by atoms with Gasteiger partial charge in [-0.1, -0.05) is 0 Å². The molecule has 0 saturated carbocycles. The van der Waals surface area contributed by atoms with Crippen molar-refractivity contribution in [3.8, 4) is 11.5 Å². The van der Waals surface area contributed by atoms with Crippen LogP contribution >= 0.6 is 0 Å². The first-order chi connectivity index (χ1) is 12.0. The maximum atomic E-state index is 12.3. The number of aromatic nitrogens is 1. The SMILES string of the molecule is COc1ccc(NC(=O)CN(Cc2ccncc2)C(C)=O)c(OC)c1. The van der Waals surface area contributed by atoms with Crippen molar-refractivity contribution in [2.45, 2.75) is 13.5 Å². The molecule has 0 radical (unpaired) electrons. The topological polar surface area (TPSA) is 80.8 Å². The summed E-state index contributed by atoms with van der Waals surface area (Å²) in [7, 11) is 3.06. The molecule has 0 spiro atoms. The lowest BCUT2D eigenvalue weighted by molar-refractivity contribution is -0.133. The number of rotatable bonds is 7. The van der Waals surface area contributed by atoms with E-state index in [-0.39, 0.29) is 18.4 Å². The van der Waals surface area contributed by atoms with Crippen LogP contribution in [0.1, 0.15) is 12.5 Å². The minimum absolute atomic E-state index is 0.0627. The third kappa shape index (κ3) is 5.20. The first-order valence-electron chi connectivity index (χ1n) is 7.69. The number of carbonyl (C=O) groups is 2. The van der Waals surface area contributed by atoms with Gasteiger partial charge in [0.15, 0.2) is 0 Å². The Labute approximate surface area is 146 Å². The first-order valence-corrected chi connectivity index (χ1v) is 7.69. The standard InChI is InChI=1S/C18H21N3O4/c1-13(22)21(11-14-6-8-19-9-7-14)12-18(23)20-16-5-4-15(24-2)10-17(16)25-3/h4-10H,11-12H2,1-3H3,(H,20,23). The molecular formula is C18H21N3O4. The Morgan fingerprint density at radius 1 is 1.12 bits per heavy atom. The Balaban J connectivity index is 2.05. The maximum Gasteiger partial charge on any atom is 0.244 e. The predicted octanol–water partition coefficient (Wildman–Crippen LogP) is 2.09. The molecule has 0 aliphatic rings. The molecule has 2 aromatic rings. The molecule has 0 aliphatic carbocycles. The van der Waals surface area contributed by atoms with Crippen LogP contribution in [-0.4, -0.2) is 42.5 Å². The minimum atomic E-state index is -0.312. The van der Waals surface area contributed by atoms with Crippen LogP contribution in [0.5, 0.6) is 11.5 Å². The highest BCUT2D eigenvalue weighted by molar-refractivity contribution is 5.95. The summed E-state index contributed by atoms with van der Waals surface area (Å²) in [6, 6.07) is 8.70. The summed E-state index contributed by atoms with van der Waals surface area (Å²) in [5.41, 5.74) is 1.42. The van der Waals surface area contributed by atoms with Gasteiger partial charge in [0.1, 0.15) is 18.0 Å². The summed E-state index contributed by atoms with van der Waals surface area (Å²) < 4.78 is 10.4. The summed E-state index contributed by atoms with van der Waals surface area (Å²) >= 11 is 0. The number of benzene rings is 1. The van der Waals surface area contributed by atoms with E-state index in [1.807, 2.05) is 0 Å². The molecule has 0 saturated heterocycles. The van der Waals surface area contributed by atoms with Gasteiger partial charge >= 0.3 is 0 Å². The van der Waals surface area contributed by atoms with E-state index in [4.69, 9.17) is 9.47 Å². The van der Waals surface area contributed by atoms with E-state index >= 15 is 0 Å². The number of hydrogen-bond acceptors (Lipinski definition) is 5. The van der Waals surface area contributed by atoms with Crippen LogP contribution in [0.3, 0.4) is 0 Å². The van der Waals surface area contributed by atoms with Crippen molar-refractivity contribution in [1.82, 2.24) is 9.88 Å². The van der Waals surface area contributed by atoms with E-state index < -0.39 is 0 Å². The van der Waals surface area contributed by atoms with Crippen molar-refractivity contribution in [3.05, 3.63) is 48.3 Å². The molecule has 0 unspecified atom stereocenters. The zero-order chi connectivity index (χ0) is 18.2. The fraction of sp³-hybridized carbons (Fsp3) is 0.278. The average molecular weight is 343 g/mol. The normalized spacial score (nSPS) is 10.0. The molecule has 1 aromatic carbocycles. The largest absolute Gasteiger partial charge is 0.497 e. The Bertz CT molecular complexity index is 734. The van der Waals surface area contributed by atoms with Gasteiger partial charge in [-0.2, -0.15) is 0 Å². The third-order valence-electron chi connectivity index (χ3n) is 3.59. The van der Waals surface area contributed by atoms with Gasteiger partial charge in [0.25, 0.3) is 0 Å². The number of anilines is 1. The van der Waals surface area contributed by atoms with Crippen LogP contribution in [0, 0.1) is 0 Å². The molecule has 0 aliphatic heterocycles. The quantitative estimate of drug-likeness (QED) is 0.832. The van der Waals surface area contributed by atoms with E-state index in [0.717, 1.165) is 5.56 Å². The highest BCUT2D eigenvalue weighted by atomic mass is 16.5. The number of amides is 2. The van der Waals surface area contributed by atoms with Crippen LogP contribution in [0.15, 0.2) is 42.7 Å². The molecule has 1 heterocycles. The van der Waals surface area contributed by atoms with Crippen molar-refractivity contribution in [2.75, 3.05) is 26.1 Å². The molecule has 7 nitrogen and oxygen atoms in total. The smallest absolute Gasteiger partial charge is 0.244 e. The number of methoxy groups -OCH3 is 2. The molecule has 132 valence electrons. The summed E-state index contributed by atoms with van der Waals surface area (Å²) in [4.78, 5) is 29.6. The van der Waals surface area contributed by atoms with Crippen LogP contribution in [0.4, 0.5) is 5.69 Å². The predicted molar refractivity (Wildman–Crippen MR) is 93.5 cm³/mol. The molecule has 2 rings (SSSR count). The van der Waals surface area contributed by atoms with Crippen molar-refractivity contribution in [1.29, 1.82) is 0 Å². The summed E-state index contributed by atoms with van der Waals surface area (Å²) in [6.07, 6.45) is 3.30. The Hall–Kier alpha value is -3.09. The number of pyridine rings is 1. The summed E-state index contributed by atoms with van der Waals surface area (Å²) in [6.45, 7) is 1.71. The lowest BCUT2D eigenvalue weighted by Gasteiger charge is -2.21. The second-order valence-electron chi connectivity index (χ2n) is 5.34. The monoisotopic (exact) mass is 343 g/mol. The van der Waals surface area contributed by atoms with E-state index in [9.17, 15) is 9.59 Å². The zero-order valence-electron chi connectivity index (χ0n) is 14.5. The summed E-state index contributed by atoms with van der Waals surface area (Å²) in [5.74, 6) is 0.607. The molecule has 0 fully saturated rings. The molecule has 25 heavy (non-hydrogen) atoms. The van der Waals surface area contributed by atoms with E-state index in [1.165, 1.54) is 18.9 Å². The molecule has 0 atom stereocenters. The van der Waals surface area contributed by atoms with Crippen LogP contribution in [0.25, 0.3) is 0 Å². The van der Waals surface area contributed by atoms with Gasteiger partial charge in [-0.3, -0.25) is 14.6 Å². The van der Waals surface area contributed by atoms with Gasteiger partial charge in [-0.15, -0.1) is 0 Å². The lowest BCUT2D eigenvalue weighted by atomic mass is 10.2. The summed E-state index contributed by atoms with van der Waals surface area (Å²) in [5, 5.41) is 2.76.